The Kier molecular flexibility index (Phi) is 3.69. The van der Waals surface area contributed by atoms with Crippen LogP contribution >= 0.6 is 0 Å². The molecule has 1 amide bonds. The summed E-state index contributed by atoms with van der Waals surface area (Å²) in [5, 5.41) is 2.86. The molecular weight excluding hydrogens is 264 g/mol. The lowest BCUT2D eigenvalue weighted by Gasteiger charge is -2.03. The van der Waals surface area contributed by atoms with Gasteiger partial charge in [0.25, 0.3) is 5.91 Å². The molecule has 21 heavy (non-hydrogen) atoms. The maximum Gasteiger partial charge on any atom is 0.287 e. The molecule has 0 aliphatic rings. The Morgan fingerprint density at radius 2 is 2.00 bits per heavy atom. The fourth-order valence-corrected chi connectivity index (χ4v) is 2.19. The number of benzene rings is 1. The van der Waals surface area contributed by atoms with Gasteiger partial charge in [0, 0.05) is 18.3 Å². The largest absolute Gasteiger partial charge is 0.449 e. The SMILES string of the molecule is Cc1ccc2oc(C(=O)NCCc3ccccc3)cc2n1. The van der Waals surface area contributed by atoms with E-state index in [1.165, 1.54) is 5.56 Å². The number of furan rings is 1. The van der Waals surface area contributed by atoms with Crippen molar-refractivity contribution in [1.29, 1.82) is 0 Å². The standard InChI is InChI=1S/C17H16N2O2/c1-12-7-8-15-14(19-12)11-16(21-15)17(20)18-10-9-13-5-3-2-4-6-13/h2-8,11H,9-10H2,1H3,(H,18,20). The molecular formula is C17H16N2O2. The van der Waals surface area contributed by atoms with E-state index in [1.807, 2.05) is 49.4 Å². The average molecular weight is 280 g/mol. The minimum Gasteiger partial charge on any atom is -0.449 e. The highest BCUT2D eigenvalue weighted by Crippen LogP contribution is 2.17. The Hall–Kier alpha value is -2.62. The first-order valence-electron chi connectivity index (χ1n) is 6.92. The van der Waals surface area contributed by atoms with E-state index >= 15 is 0 Å². The highest BCUT2D eigenvalue weighted by molar-refractivity contribution is 5.95. The molecule has 0 aliphatic carbocycles. The normalized spacial score (nSPS) is 10.7. The summed E-state index contributed by atoms with van der Waals surface area (Å²) in [7, 11) is 0. The van der Waals surface area contributed by atoms with E-state index in [1.54, 1.807) is 6.07 Å². The summed E-state index contributed by atoms with van der Waals surface area (Å²) in [6.07, 6.45) is 0.796. The maximum atomic E-state index is 12.1. The zero-order valence-electron chi connectivity index (χ0n) is 11.8. The molecule has 3 aromatic rings. The van der Waals surface area contributed by atoms with Crippen molar-refractivity contribution in [2.45, 2.75) is 13.3 Å². The van der Waals surface area contributed by atoms with Crippen LogP contribution in [0.2, 0.25) is 0 Å². The summed E-state index contributed by atoms with van der Waals surface area (Å²) in [5.41, 5.74) is 3.44. The predicted molar refractivity (Wildman–Crippen MR) is 81.2 cm³/mol. The van der Waals surface area contributed by atoms with Crippen molar-refractivity contribution in [2.75, 3.05) is 6.54 Å². The fraction of sp³-hybridized carbons (Fsp3) is 0.176. The van der Waals surface area contributed by atoms with Gasteiger partial charge in [-0.2, -0.15) is 0 Å². The summed E-state index contributed by atoms with van der Waals surface area (Å²) in [6, 6.07) is 15.4. The molecule has 0 atom stereocenters. The Balaban J connectivity index is 1.64. The summed E-state index contributed by atoms with van der Waals surface area (Å²) in [5.74, 6) is 0.0951. The van der Waals surface area contributed by atoms with Crippen LogP contribution in [0.5, 0.6) is 0 Å². The summed E-state index contributed by atoms with van der Waals surface area (Å²) < 4.78 is 5.51. The molecule has 0 radical (unpaired) electrons. The van der Waals surface area contributed by atoms with Gasteiger partial charge in [-0.05, 0) is 31.0 Å². The van der Waals surface area contributed by atoms with Gasteiger partial charge in [-0.25, -0.2) is 4.98 Å². The number of carbonyl (C=O) groups excluding carboxylic acids is 1. The Bertz CT molecular complexity index is 763. The molecule has 0 bridgehead atoms. The minimum absolute atomic E-state index is 0.207. The second-order valence-electron chi connectivity index (χ2n) is 4.94. The topological polar surface area (TPSA) is 55.1 Å². The first-order valence-corrected chi connectivity index (χ1v) is 6.92. The number of hydrogen-bond donors (Lipinski definition) is 1. The third-order valence-corrected chi connectivity index (χ3v) is 3.28. The second-order valence-corrected chi connectivity index (χ2v) is 4.94. The van der Waals surface area contributed by atoms with Crippen LogP contribution in [0.25, 0.3) is 11.1 Å². The second kappa shape index (κ2) is 5.79. The van der Waals surface area contributed by atoms with E-state index in [4.69, 9.17) is 4.42 Å². The smallest absolute Gasteiger partial charge is 0.287 e. The van der Waals surface area contributed by atoms with Gasteiger partial charge in [0.2, 0.25) is 0 Å². The molecule has 3 rings (SSSR count). The van der Waals surface area contributed by atoms with Crippen LogP contribution in [0.15, 0.2) is 52.9 Å². The molecule has 0 saturated carbocycles. The van der Waals surface area contributed by atoms with Crippen molar-refractivity contribution in [3.63, 3.8) is 0 Å². The van der Waals surface area contributed by atoms with Crippen LogP contribution in [-0.2, 0) is 6.42 Å². The lowest BCUT2D eigenvalue weighted by molar-refractivity contribution is 0.0928. The molecule has 2 aromatic heterocycles. The molecule has 0 aliphatic heterocycles. The number of nitrogens with one attached hydrogen (secondary N) is 1. The number of carbonyl (C=O) groups is 1. The average Bonchev–Trinajstić information content (AvgIpc) is 2.91. The van der Waals surface area contributed by atoms with Crippen molar-refractivity contribution in [3.8, 4) is 0 Å². The first kappa shape index (κ1) is 13.4. The summed E-state index contributed by atoms with van der Waals surface area (Å²) >= 11 is 0. The molecule has 2 heterocycles. The highest BCUT2D eigenvalue weighted by Gasteiger charge is 2.12. The molecule has 0 unspecified atom stereocenters. The zero-order chi connectivity index (χ0) is 14.7. The van der Waals surface area contributed by atoms with Gasteiger partial charge in [0.1, 0.15) is 5.52 Å². The molecule has 0 fully saturated rings. The van der Waals surface area contributed by atoms with E-state index in [-0.39, 0.29) is 5.91 Å². The molecule has 1 aromatic carbocycles. The van der Waals surface area contributed by atoms with E-state index in [2.05, 4.69) is 10.3 Å². The lowest BCUT2D eigenvalue weighted by atomic mass is 10.1. The fourth-order valence-electron chi connectivity index (χ4n) is 2.19. The Morgan fingerprint density at radius 3 is 2.81 bits per heavy atom. The van der Waals surface area contributed by atoms with Crippen LogP contribution in [0.3, 0.4) is 0 Å². The summed E-state index contributed by atoms with van der Waals surface area (Å²) in [4.78, 5) is 16.4. The van der Waals surface area contributed by atoms with Gasteiger partial charge < -0.3 is 9.73 Å². The number of nitrogens with zero attached hydrogens (tertiary/aromatic N) is 1. The van der Waals surface area contributed by atoms with Crippen LogP contribution < -0.4 is 5.32 Å². The van der Waals surface area contributed by atoms with Gasteiger partial charge >= 0.3 is 0 Å². The molecule has 1 N–H and O–H groups in total. The van der Waals surface area contributed by atoms with Gasteiger partial charge in [-0.15, -0.1) is 0 Å². The zero-order valence-corrected chi connectivity index (χ0v) is 11.8. The van der Waals surface area contributed by atoms with Crippen molar-refractivity contribution in [2.24, 2.45) is 0 Å². The van der Waals surface area contributed by atoms with Gasteiger partial charge in [0.15, 0.2) is 11.3 Å². The van der Waals surface area contributed by atoms with Crippen molar-refractivity contribution < 1.29 is 9.21 Å². The number of pyridine rings is 1. The molecule has 4 nitrogen and oxygen atoms in total. The van der Waals surface area contributed by atoms with E-state index in [9.17, 15) is 4.79 Å². The van der Waals surface area contributed by atoms with Gasteiger partial charge in [-0.3, -0.25) is 4.79 Å². The molecule has 106 valence electrons. The number of aryl methyl sites for hydroxylation is 1. The molecule has 0 spiro atoms. The van der Waals surface area contributed by atoms with Crippen molar-refractivity contribution in [1.82, 2.24) is 10.3 Å². The van der Waals surface area contributed by atoms with Crippen LogP contribution in [0, 0.1) is 6.92 Å². The Labute approximate surface area is 122 Å². The monoisotopic (exact) mass is 280 g/mol. The minimum atomic E-state index is -0.207. The number of aromatic nitrogens is 1. The highest BCUT2D eigenvalue weighted by atomic mass is 16.3. The number of rotatable bonds is 4. The number of fused-ring (bicyclic) bond motifs is 1. The Morgan fingerprint density at radius 1 is 1.19 bits per heavy atom. The van der Waals surface area contributed by atoms with E-state index in [0.29, 0.717) is 23.4 Å². The van der Waals surface area contributed by atoms with Gasteiger partial charge in [0.05, 0.1) is 0 Å². The van der Waals surface area contributed by atoms with Crippen LogP contribution in [-0.4, -0.2) is 17.4 Å². The van der Waals surface area contributed by atoms with Crippen molar-refractivity contribution >= 4 is 17.0 Å². The van der Waals surface area contributed by atoms with Crippen LogP contribution in [0.1, 0.15) is 21.8 Å². The predicted octanol–water partition coefficient (Wildman–Crippen LogP) is 3.11. The molecule has 0 saturated heterocycles. The molecule has 4 heteroatoms. The quantitative estimate of drug-likeness (QED) is 0.799. The number of hydrogen-bond acceptors (Lipinski definition) is 3. The third kappa shape index (κ3) is 3.11. The third-order valence-electron chi connectivity index (χ3n) is 3.28. The van der Waals surface area contributed by atoms with Gasteiger partial charge in [-0.1, -0.05) is 30.3 Å². The summed E-state index contributed by atoms with van der Waals surface area (Å²) in [6.45, 7) is 2.48. The van der Waals surface area contributed by atoms with E-state index in [0.717, 1.165) is 12.1 Å². The van der Waals surface area contributed by atoms with Crippen molar-refractivity contribution in [3.05, 3.63) is 65.5 Å². The number of amides is 1. The van der Waals surface area contributed by atoms with Crippen LogP contribution in [0.4, 0.5) is 0 Å². The first-order chi connectivity index (χ1) is 10.2. The maximum absolute atomic E-state index is 12.1. The lowest BCUT2D eigenvalue weighted by Crippen LogP contribution is -2.25. The van der Waals surface area contributed by atoms with E-state index < -0.39 is 0 Å².